The quantitative estimate of drug-likeness (QED) is 0.719. The van der Waals surface area contributed by atoms with Gasteiger partial charge in [0.25, 0.3) is 0 Å². The van der Waals surface area contributed by atoms with Crippen molar-refractivity contribution in [3.05, 3.63) is 22.4 Å². The molecule has 1 fully saturated rings. The van der Waals surface area contributed by atoms with E-state index in [-0.39, 0.29) is 24.5 Å². The van der Waals surface area contributed by atoms with E-state index in [1.165, 1.54) is 11.3 Å². The Kier molecular flexibility index (Phi) is 4.89. The molecule has 20 heavy (non-hydrogen) atoms. The van der Waals surface area contributed by atoms with Gasteiger partial charge in [-0.25, -0.2) is 4.79 Å². The average molecular weight is 295 g/mol. The van der Waals surface area contributed by atoms with E-state index in [4.69, 9.17) is 5.11 Å². The normalized spacial score (nSPS) is 15.6. The molecule has 2 N–H and O–H groups in total. The maximum atomic E-state index is 11.7. The van der Waals surface area contributed by atoms with E-state index < -0.39 is 12.0 Å². The fourth-order valence-electron chi connectivity index (χ4n) is 1.96. The van der Waals surface area contributed by atoms with Crippen LogP contribution < -0.4 is 5.32 Å². The minimum Gasteiger partial charge on any atom is -0.480 e. The molecule has 1 aliphatic carbocycles. The van der Waals surface area contributed by atoms with Crippen molar-refractivity contribution in [1.29, 1.82) is 0 Å². The van der Waals surface area contributed by atoms with Gasteiger partial charge in [-0.2, -0.15) is 0 Å². The molecule has 1 saturated carbocycles. The van der Waals surface area contributed by atoms with E-state index in [9.17, 15) is 14.4 Å². The van der Waals surface area contributed by atoms with Crippen molar-refractivity contribution in [2.45, 2.75) is 38.1 Å². The number of carboxylic acid groups (broad SMARTS) is 1. The Morgan fingerprint density at radius 2 is 2.10 bits per heavy atom. The van der Waals surface area contributed by atoms with E-state index in [0.29, 0.717) is 17.2 Å². The Labute approximate surface area is 121 Å². The molecular formula is C14H17NO4S. The Morgan fingerprint density at radius 1 is 1.35 bits per heavy atom. The molecule has 6 heteroatoms. The highest BCUT2D eigenvalue weighted by Crippen LogP contribution is 2.33. The van der Waals surface area contributed by atoms with E-state index in [1.54, 1.807) is 12.1 Å². The minimum absolute atomic E-state index is 0.0329. The second-order valence-electron chi connectivity index (χ2n) is 5.04. The first-order chi connectivity index (χ1) is 9.56. The third-order valence-corrected chi connectivity index (χ3v) is 4.19. The van der Waals surface area contributed by atoms with E-state index in [2.05, 4.69) is 5.32 Å². The van der Waals surface area contributed by atoms with Crippen LogP contribution in [0.25, 0.3) is 0 Å². The fourth-order valence-corrected chi connectivity index (χ4v) is 2.66. The number of hydrogen-bond acceptors (Lipinski definition) is 4. The SMILES string of the molecule is O=C(CCC(=O)c1cccs1)NC(CC1CC1)C(=O)O. The van der Waals surface area contributed by atoms with Crippen LogP contribution in [0.1, 0.15) is 41.8 Å². The number of amides is 1. The van der Waals surface area contributed by atoms with E-state index in [0.717, 1.165) is 12.8 Å². The molecule has 0 radical (unpaired) electrons. The van der Waals surface area contributed by atoms with Gasteiger partial charge >= 0.3 is 5.97 Å². The lowest BCUT2D eigenvalue weighted by Crippen LogP contribution is -2.41. The van der Waals surface area contributed by atoms with Crippen molar-refractivity contribution >= 4 is 29.0 Å². The van der Waals surface area contributed by atoms with Crippen LogP contribution in [0.4, 0.5) is 0 Å². The summed E-state index contributed by atoms with van der Waals surface area (Å²) in [4.78, 5) is 35.1. The zero-order valence-corrected chi connectivity index (χ0v) is 11.8. The minimum atomic E-state index is -1.00. The highest BCUT2D eigenvalue weighted by atomic mass is 32.1. The molecule has 0 aliphatic heterocycles. The first-order valence-electron chi connectivity index (χ1n) is 6.65. The van der Waals surface area contributed by atoms with Gasteiger partial charge in [0.2, 0.25) is 5.91 Å². The van der Waals surface area contributed by atoms with Gasteiger partial charge in [-0.3, -0.25) is 9.59 Å². The highest BCUT2D eigenvalue weighted by Gasteiger charge is 2.30. The first kappa shape index (κ1) is 14.7. The van der Waals surface area contributed by atoms with Crippen molar-refractivity contribution in [3.63, 3.8) is 0 Å². The molecule has 0 spiro atoms. The van der Waals surface area contributed by atoms with Crippen molar-refractivity contribution in [3.8, 4) is 0 Å². The summed E-state index contributed by atoms with van der Waals surface area (Å²) in [6, 6.07) is 2.68. The molecule has 1 unspecified atom stereocenters. The molecule has 1 aromatic rings. The van der Waals surface area contributed by atoms with Crippen LogP contribution >= 0.6 is 11.3 Å². The summed E-state index contributed by atoms with van der Waals surface area (Å²) in [7, 11) is 0. The van der Waals surface area contributed by atoms with Crippen molar-refractivity contribution in [1.82, 2.24) is 5.32 Å². The Hall–Kier alpha value is -1.69. The summed E-state index contributed by atoms with van der Waals surface area (Å²) in [6.45, 7) is 0. The van der Waals surface area contributed by atoms with Gasteiger partial charge in [-0.1, -0.05) is 18.9 Å². The molecule has 5 nitrogen and oxygen atoms in total. The number of carboxylic acids is 1. The van der Waals surface area contributed by atoms with Gasteiger partial charge in [0.05, 0.1) is 4.88 Å². The molecule has 0 aromatic carbocycles. The van der Waals surface area contributed by atoms with Gasteiger partial charge in [0.15, 0.2) is 5.78 Å². The molecule has 1 amide bonds. The van der Waals surface area contributed by atoms with Gasteiger partial charge < -0.3 is 10.4 Å². The fraction of sp³-hybridized carbons (Fsp3) is 0.500. The molecule has 2 rings (SSSR count). The summed E-state index contributed by atoms with van der Waals surface area (Å²) in [5.74, 6) is -1.04. The topological polar surface area (TPSA) is 83.5 Å². The number of carbonyl (C=O) groups is 3. The second-order valence-corrected chi connectivity index (χ2v) is 5.99. The smallest absolute Gasteiger partial charge is 0.326 e. The lowest BCUT2D eigenvalue weighted by atomic mass is 10.1. The Balaban J connectivity index is 1.76. The number of carbonyl (C=O) groups excluding carboxylic acids is 2. The number of thiophene rings is 1. The Bertz CT molecular complexity index is 493. The zero-order valence-electron chi connectivity index (χ0n) is 11.0. The molecule has 1 aromatic heterocycles. The third-order valence-electron chi connectivity index (χ3n) is 3.27. The van der Waals surface area contributed by atoms with Gasteiger partial charge in [-0.15, -0.1) is 11.3 Å². The molecule has 1 aliphatic rings. The monoisotopic (exact) mass is 295 g/mol. The van der Waals surface area contributed by atoms with Crippen LogP contribution in [0.2, 0.25) is 0 Å². The van der Waals surface area contributed by atoms with Gasteiger partial charge in [0, 0.05) is 12.8 Å². The molecule has 0 bridgehead atoms. The molecular weight excluding hydrogens is 278 g/mol. The Morgan fingerprint density at radius 3 is 2.65 bits per heavy atom. The molecule has 108 valence electrons. The van der Waals surface area contributed by atoms with Crippen molar-refractivity contribution in [2.75, 3.05) is 0 Å². The number of rotatable bonds is 8. The number of hydrogen-bond donors (Lipinski definition) is 2. The van der Waals surface area contributed by atoms with Crippen LogP contribution in [-0.2, 0) is 9.59 Å². The summed E-state index contributed by atoms with van der Waals surface area (Å²) in [5.41, 5.74) is 0. The summed E-state index contributed by atoms with van der Waals surface area (Å²) < 4.78 is 0. The lowest BCUT2D eigenvalue weighted by Gasteiger charge is -2.13. The molecule has 1 atom stereocenters. The van der Waals surface area contributed by atoms with E-state index >= 15 is 0 Å². The number of aliphatic carboxylic acids is 1. The van der Waals surface area contributed by atoms with E-state index in [1.807, 2.05) is 5.38 Å². The van der Waals surface area contributed by atoms with Gasteiger partial charge in [-0.05, 0) is 23.8 Å². The van der Waals surface area contributed by atoms with Gasteiger partial charge in [0.1, 0.15) is 6.04 Å². The van der Waals surface area contributed by atoms with Crippen LogP contribution in [-0.4, -0.2) is 28.8 Å². The third kappa shape index (κ3) is 4.45. The standard InChI is InChI=1S/C14H17NO4S/c16-11(12-2-1-7-20-12)5-6-13(17)15-10(14(18)19)8-9-3-4-9/h1-2,7,9-10H,3-6,8H2,(H,15,17)(H,18,19). The highest BCUT2D eigenvalue weighted by molar-refractivity contribution is 7.12. The van der Waals surface area contributed by atoms with Crippen LogP contribution in [0.5, 0.6) is 0 Å². The van der Waals surface area contributed by atoms with Crippen molar-refractivity contribution in [2.24, 2.45) is 5.92 Å². The van der Waals surface area contributed by atoms with Crippen LogP contribution in [0.3, 0.4) is 0 Å². The predicted molar refractivity (Wildman–Crippen MR) is 74.8 cm³/mol. The van der Waals surface area contributed by atoms with Crippen LogP contribution in [0, 0.1) is 5.92 Å². The first-order valence-corrected chi connectivity index (χ1v) is 7.53. The second kappa shape index (κ2) is 6.65. The van der Waals surface area contributed by atoms with Crippen LogP contribution in [0.15, 0.2) is 17.5 Å². The maximum absolute atomic E-state index is 11.7. The zero-order chi connectivity index (χ0) is 14.5. The summed E-state index contributed by atoms with van der Waals surface area (Å²) in [6.07, 6.45) is 2.71. The number of nitrogens with one attached hydrogen (secondary N) is 1. The number of ketones is 1. The summed E-state index contributed by atoms with van der Waals surface area (Å²) >= 11 is 1.34. The predicted octanol–water partition coefficient (Wildman–Crippen LogP) is 2.08. The maximum Gasteiger partial charge on any atom is 0.326 e. The summed E-state index contributed by atoms with van der Waals surface area (Å²) in [5, 5.41) is 13.4. The molecule has 1 heterocycles. The van der Waals surface area contributed by atoms with Crippen molar-refractivity contribution < 1.29 is 19.5 Å². The lowest BCUT2D eigenvalue weighted by molar-refractivity contribution is -0.142. The largest absolute Gasteiger partial charge is 0.480 e. The number of Topliss-reactive ketones (excluding diaryl/α,β-unsaturated/α-hetero) is 1. The average Bonchev–Trinajstić information content (AvgIpc) is 3.05. The molecule has 0 saturated heterocycles.